The van der Waals surface area contributed by atoms with Gasteiger partial charge in [0.25, 0.3) is 0 Å². The Morgan fingerprint density at radius 2 is 2.05 bits per heavy atom. The first-order valence-corrected chi connectivity index (χ1v) is 6.78. The molecule has 0 aliphatic carbocycles. The summed E-state index contributed by atoms with van der Waals surface area (Å²) in [5.41, 5.74) is 8.60. The van der Waals surface area contributed by atoms with Crippen LogP contribution in [0.1, 0.15) is 36.9 Å². The first-order valence-electron chi connectivity index (χ1n) is 6.78. The van der Waals surface area contributed by atoms with Gasteiger partial charge in [-0.3, -0.25) is 0 Å². The lowest BCUT2D eigenvalue weighted by Crippen LogP contribution is -2.28. The number of allylic oxidation sites excluding steroid dienone is 1. The van der Waals surface area contributed by atoms with Crippen LogP contribution in [-0.2, 0) is 0 Å². The number of rotatable bonds is 2. The fourth-order valence-electron chi connectivity index (χ4n) is 2.48. The Bertz CT molecular complexity index is 732. The fraction of sp³-hybridized carbons (Fsp3) is 0.267. The highest BCUT2D eigenvalue weighted by Gasteiger charge is 2.29. The summed E-state index contributed by atoms with van der Waals surface area (Å²) in [4.78, 5) is 4.11. The number of nitriles is 1. The molecule has 0 bridgehead atoms. The maximum absolute atomic E-state index is 9.41. The summed E-state index contributed by atoms with van der Waals surface area (Å²) in [6.07, 6.45) is 1.45. The second-order valence-electron chi connectivity index (χ2n) is 5.32. The van der Waals surface area contributed by atoms with Gasteiger partial charge in [-0.15, -0.1) is 0 Å². The van der Waals surface area contributed by atoms with Crippen LogP contribution in [0.15, 0.2) is 42.0 Å². The van der Waals surface area contributed by atoms with E-state index in [0.29, 0.717) is 23.3 Å². The van der Waals surface area contributed by atoms with Crippen molar-refractivity contribution in [3.63, 3.8) is 0 Å². The number of nitrogens with two attached hydrogens (primary N) is 1. The molecule has 0 unspecified atom stereocenters. The smallest absolute Gasteiger partial charge is 0.227 e. The Labute approximate surface area is 122 Å². The highest BCUT2D eigenvalue weighted by atomic mass is 15.4. The van der Waals surface area contributed by atoms with E-state index >= 15 is 0 Å². The van der Waals surface area contributed by atoms with E-state index in [9.17, 15) is 5.26 Å². The summed E-state index contributed by atoms with van der Waals surface area (Å²) in [5.74, 6) is 1.34. The van der Waals surface area contributed by atoms with Crippen LogP contribution in [-0.4, -0.2) is 14.8 Å². The number of hydrogen-bond donors (Lipinski definition) is 2. The van der Waals surface area contributed by atoms with E-state index in [0.717, 1.165) is 5.56 Å². The van der Waals surface area contributed by atoms with Crippen LogP contribution in [0.3, 0.4) is 0 Å². The average Bonchev–Trinajstić information content (AvgIpc) is 2.93. The number of fused-ring (bicyclic) bond motifs is 1. The molecular weight excluding hydrogens is 264 g/mol. The Balaban J connectivity index is 2.10. The Kier molecular flexibility index (Phi) is 3.10. The molecule has 1 atom stereocenters. The standard InChI is InChI=1S/C15H16N6/c1-9(2)10-3-5-11(6-4-10)13-12(7-16)14(17)20-15-18-8-19-21(13)15/h3-6,8-9,13H,17H2,1-2H3,(H,18,19,20)/t13-/m0/s1. The third kappa shape index (κ3) is 2.13. The summed E-state index contributed by atoms with van der Waals surface area (Å²) in [6.45, 7) is 4.29. The van der Waals surface area contributed by atoms with Gasteiger partial charge in [0.1, 0.15) is 24.3 Å². The van der Waals surface area contributed by atoms with Crippen molar-refractivity contribution in [3.8, 4) is 6.07 Å². The van der Waals surface area contributed by atoms with Crippen LogP contribution in [0.5, 0.6) is 0 Å². The predicted octanol–water partition coefficient (Wildman–Crippen LogP) is 2.11. The van der Waals surface area contributed by atoms with E-state index in [4.69, 9.17) is 5.73 Å². The van der Waals surface area contributed by atoms with Crippen molar-refractivity contribution in [3.05, 3.63) is 53.1 Å². The van der Waals surface area contributed by atoms with Gasteiger partial charge < -0.3 is 11.1 Å². The lowest BCUT2D eigenvalue weighted by atomic mass is 9.95. The molecule has 1 aromatic carbocycles. The first kappa shape index (κ1) is 13.2. The number of hydrogen-bond acceptors (Lipinski definition) is 5. The Morgan fingerprint density at radius 3 is 2.67 bits per heavy atom. The normalized spacial score (nSPS) is 17.3. The summed E-state index contributed by atoms with van der Waals surface area (Å²) in [6, 6.07) is 10.0. The number of nitrogens with zero attached hydrogens (tertiary/aromatic N) is 4. The summed E-state index contributed by atoms with van der Waals surface area (Å²) in [5, 5.41) is 16.5. The summed E-state index contributed by atoms with van der Waals surface area (Å²) >= 11 is 0. The van der Waals surface area contributed by atoms with Crippen molar-refractivity contribution < 1.29 is 0 Å². The van der Waals surface area contributed by atoms with E-state index in [1.165, 1.54) is 11.9 Å². The van der Waals surface area contributed by atoms with Crippen molar-refractivity contribution in [2.24, 2.45) is 5.73 Å². The molecule has 0 spiro atoms. The number of aromatic nitrogens is 3. The molecule has 0 saturated carbocycles. The van der Waals surface area contributed by atoms with Crippen molar-refractivity contribution >= 4 is 5.95 Å². The van der Waals surface area contributed by atoms with Gasteiger partial charge in [0, 0.05) is 0 Å². The molecule has 1 aromatic heterocycles. The van der Waals surface area contributed by atoms with Crippen LogP contribution in [0.4, 0.5) is 5.95 Å². The molecule has 2 heterocycles. The van der Waals surface area contributed by atoms with Crippen molar-refractivity contribution in [1.29, 1.82) is 5.26 Å². The first-order chi connectivity index (χ1) is 10.1. The molecule has 0 saturated heterocycles. The second kappa shape index (κ2) is 4.94. The van der Waals surface area contributed by atoms with Crippen LogP contribution in [0.25, 0.3) is 0 Å². The SMILES string of the molecule is CC(C)c1ccc([C@H]2C(C#N)=C(N)Nc3ncnn32)cc1. The molecule has 0 radical (unpaired) electrons. The fourth-order valence-corrected chi connectivity index (χ4v) is 2.48. The van der Waals surface area contributed by atoms with E-state index in [2.05, 4.69) is 47.4 Å². The summed E-state index contributed by atoms with van der Waals surface area (Å²) in [7, 11) is 0. The van der Waals surface area contributed by atoms with Gasteiger partial charge in [-0.05, 0) is 17.0 Å². The molecule has 6 heteroatoms. The maximum atomic E-state index is 9.41. The van der Waals surface area contributed by atoms with Crippen LogP contribution in [0, 0.1) is 11.3 Å². The number of anilines is 1. The van der Waals surface area contributed by atoms with Crippen LogP contribution < -0.4 is 11.1 Å². The monoisotopic (exact) mass is 280 g/mol. The van der Waals surface area contributed by atoms with Gasteiger partial charge >= 0.3 is 0 Å². The molecule has 1 aliphatic rings. The quantitative estimate of drug-likeness (QED) is 0.879. The molecule has 3 N–H and O–H groups in total. The van der Waals surface area contributed by atoms with E-state index in [-0.39, 0.29) is 6.04 Å². The maximum Gasteiger partial charge on any atom is 0.227 e. The second-order valence-corrected chi connectivity index (χ2v) is 5.32. The Morgan fingerprint density at radius 1 is 1.33 bits per heavy atom. The van der Waals surface area contributed by atoms with Gasteiger partial charge in [0.2, 0.25) is 5.95 Å². The minimum atomic E-state index is -0.338. The zero-order valence-corrected chi connectivity index (χ0v) is 11.9. The summed E-state index contributed by atoms with van der Waals surface area (Å²) < 4.78 is 1.68. The highest BCUT2D eigenvalue weighted by Crippen LogP contribution is 2.33. The van der Waals surface area contributed by atoms with E-state index < -0.39 is 0 Å². The number of benzene rings is 1. The van der Waals surface area contributed by atoms with E-state index in [1.807, 2.05) is 12.1 Å². The minimum absolute atomic E-state index is 0.330. The molecule has 3 rings (SSSR count). The average molecular weight is 280 g/mol. The van der Waals surface area contributed by atoms with Crippen molar-refractivity contribution in [2.45, 2.75) is 25.8 Å². The molecule has 1 aliphatic heterocycles. The molecular formula is C15H16N6. The zero-order valence-electron chi connectivity index (χ0n) is 11.9. The van der Waals surface area contributed by atoms with Gasteiger partial charge in [0.05, 0.1) is 5.57 Å². The van der Waals surface area contributed by atoms with Crippen molar-refractivity contribution in [1.82, 2.24) is 14.8 Å². The van der Waals surface area contributed by atoms with Crippen LogP contribution in [0.2, 0.25) is 0 Å². The third-order valence-electron chi connectivity index (χ3n) is 3.67. The highest BCUT2D eigenvalue weighted by molar-refractivity contribution is 5.51. The van der Waals surface area contributed by atoms with Gasteiger partial charge in [-0.25, -0.2) is 4.68 Å². The zero-order chi connectivity index (χ0) is 15.0. The Hall–Kier alpha value is -2.81. The molecule has 106 valence electrons. The molecule has 6 nitrogen and oxygen atoms in total. The lowest BCUT2D eigenvalue weighted by Gasteiger charge is -2.25. The largest absolute Gasteiger partial charge is 0.384 e. The van der Waals surface area contributed by atoms with Gasteiger partial charge in [-0.2, -0.15) is 15.3 Å². The van der Waals surface area contributed by atoms with E-state index in [1.54, 1.807) is 4.68 Å². The topological polar surface area (TPSA) is 92.6 Å². The molecule has 0 amide bonds. The molecule has 2 aromatic rings. The molecule has 0 fully saturated rings. The van der Waals surface area contributed by atoms with Gasteiger partial charge in [-0.1, -0.05) is 38.1 Å². The van der Waals surface area contributed by atoms with Gasteiger partial charge in [0.15, 0.2) is 0 Å². The lowest BCUT2D eigenvalue weighted by molar-refractivity contribution is 0.585. The third-order valence-corrected chi connectivity index (χ3v) is 3.67. The number of nitrogens with one attached hydrogen (secondary N) is 1. The predicted molar refractivity (Wildman–Crippen MR) is 79.1 cm³/mol. The van der Waals surface area contributed by atoms with Crippen LogP contribution >= 0.6 is 0 Å². The molecule has 21 heavy (non-hydrogen) atoms. The minimum Gasteiger partial charge on any atom is -0.384 e. The van der Waals surface area contributed by atoms with Crippen molar-refractivity contribution in [2.75, 3.05) is 5.32 Å².